The van der Waals surface area contributed by atoms with Crippen molar-refractivity contribution >= 4 is 11.9 Å². The zero-order valence-electron chi connectivity index (χ0n) is 17.6. The molecule has 1 saturated heterocycles. The SMILES string of the molecule is CCNC(=NCC(C)(C)C(=O)NC)N1CCOC(c2ccc(C)cc2C)C1. The molecule has 0 bridgehead atoms. The number of benzene rings is 1. The number of amides is 1. The van der Waals surface area contributed by atoms with E-state index >= 15 is 0 Å². The normalized spacial score (nSPS) is 18.4. The topological polar surface area (TPSA) is 66.0 Å². The molecule has 0 spiro atoms. The predicted octanol–water partition coefficient (Wildman–Crippen LogP) is 2.41. The number of aryl methyl sites for hydroxylation is 2. The monoisotopic (exact) mass is 374 g/mol. The summed E-state index contributed by atoms with van der Waals surface area (Å²) in [5.41, 5.74) is 3.20. The van der Waals surface area contributed by atoms with Crippen molar-refractivity contribution < 1.29 is 9.53 Å². The van der Waals surface area contributed by atoms with Crippen LogP contribution in [0.2, 0.25) is 0 Å². The van der Waals surface area contributed by atoms with Gasteiger partial charge in [0, 0.05) is 20.1 Å². The minimum absolute atomic E-state index is 0.00256. The molecule has 1 aliphatic rings. The zero-order chi connectivity index (χ0) is 20.0. The van der Waals surface area contributed by atoms with Gasteiger partial charge < -0.3 is 20.3 Å². The molecule has 1 aliphatic heterocycles. The van der Waals surface area contributed by atoms with Crippen molar-refractivity contribution in [2.75, 3.05) is 39.8 Å². The van der Waals surface area contributed by atoms with Gasteiger partial charge in [0.15, 0.2) is 5.96 Å². The Bertz CT molecular complexity index is 685. The smallest absolute Gasteiger partial charge is 0.227 e. The largest absolute Gasteiger partial charge is 0.370 e. The Labute approximate surface area is 163 Å². The number of guanidine groups is 1. The zero-order valence-corrected chi connectivity index (χ0v) is 17.6. The number of morpholine rings is 1. The fourth-order valence-corrected chi connectivity index (χ4v) is 3.33. The third kappa shape index (κ3) is 5.45. The van der Waals surface area contributed by atoms with E-state index in [0.29, 0.717) is 13.2 Å². The lowest BCUT2D eigenvalue weighted by Gasteiger charge is -2.36. The van der Waals surface area contributed by atoms with Gasteiger partial charge >= 0.3 is 0 Å². The Kier molecular flexibility index (Phi) is 7.25. The van der Waals surface area contributed by atoms with Gasteiger partial charge in [0.05, 0.1) is 25.1 Å². The van der Waals surface area contributed by atoms with E-state index < -0.39 is 5.41 Å². The van der Waals surface area contributed by atoms with Crippen molar-refractivity contribution in [2.24, 2.45) is 10.4 Å². The molecule has 1 aromatic carbocycles. The van der Waals surface area contributed by atoms with Crippen LogP contribution in [0.3, 0.4) is 0 Å². The molecule has 6 nitrogen and oxygen atoms in total. The highest BCUT2D eigenvalue weighted by Gasteiger charge is 2.28. The van der Waals surface area contributed by atoms with Crippen LogP contribution in [0.4, 0.5) is 0 Å². The van der Waals surface area contributed by atoms with E-state index in [0.717, 1.165) is 25.6 Å². The average molecular weight is 375 g/mol. The lowest BCUT2D eigenvalue weighted by molar-refractivity contribution is -0.128. The summed E-state index contributed by atoms with van der Waals surface area (Å²) in [6, 6.07) is 6.50. The Balaban J connectivity index is 2.16. The van der Waals surface area contributed by atoms with Gasteiger partial charge in [-0.2, -0.15) is 0 Å². The molecule has 1 heterocycles. The molecular weight excluding hydrogens is 340 g/mol. The number of rotatable bonds is 5. The second kappa shape index (κ2) is 9.22. The van der Waals surface area contributed by atoms with Crippen LogP contribution in [0.15, 0.2) is 23.2 Å². The van der Waals surface area contributed by atoms with E-state index in [1.54, 1.807) is 7.05 Å². The van der Waals surface area contributed by atoms with Crippen molar-refractivity contribution in [3.05, 3.63) is 34.9 Å². The molecule has 27 heavy (non-hydrogen) atoms. The van der Waals surface area contributed by atoms with Crippen molar-refractivity contribution in [2.45, 2.75) is 40.7 Å². The lowest BCUT2D eigenvalue weighted by Crippen LogP contribution is -2.49. The van der Waals surface area contributed by atoms with Crippen LogP contribution in [0, 0.1) is 19.3 Å². The number of ether oxygens (including phenoxy) is 1. The number of hydrogen-bond donors (Lipinski definition) is 2. The number of carbonyl (C=O) groups excluding carboxylic acids is 1. The summed E-state index contributed by atoms with van der Waals surface area (Å²) >= 11 is 0. The highest BCUT2D eigenvalue weighted by atomic mass is 16.5. The molecule has 0 aliphatic carbocycles. The van der Waals surface area contributed by atoms with Gasteiger partial charge in [-0.05, 0) is 45.7 Å². The van der Waals surface area contributed by atoms with Crippen LogP contribution in [0.25, 0.3) is 0 Å². The van der Waals surface area contributed by atoms with Crippen molar-refractivity contribution in [3.63, 3.8) is 0 Å². The Morgan fingerprint density at radius 2 is 2.11 bits per heavy atom. The van der Waals surface area contributed by atoms with E-state index in [4.69, 9.17) is 9.73 Å². The molecule has 1 atom stereocenters. The van der Waals surface area contributed by atoms with Crippen LogP contribution >= 0.6 is 0 Å². The summed E-state index contributed by atoms with van der Waals surface area (Å²) in [5.74, 6) is 0.838. The molecule has 0 aromatic heterocycles. The van der Waals surface area contributed by atoms with Gasteiger partial charge in [-0.3, -0.25) is 9.79 Å². The number of carbonyl (C=O) groups is 1. The van der Waals surface area contributed by atoms with Gasteiger partial charge in [-0.15, -0.1) is 0 Å². The van der Waals surface area contributed by atoms with E-state index in [2.05, 4.69) is 54.5 Å². The van der Waals surface area contributed by atoms with E-state index in [1.807, 2.05) is 13.8 Å². The first-order valence-electron chi connectivity index (χ1n) is 9.72. The van der Waals surface area contributed by atoms with Gasteiger partial charge in [0.1, 0.15) is 6.10 Å². The molecule has 2 N–H and O–H groups in total. The van der Waals surface area contributed by atoms with Crippen molar-refractivity contribution in [3.8, 4) is 0 Å². The quantitative estimate of drug-likeness (QED) is 0.614. The van der Waals surface area contributed by atoms with E-state index in [1.165, 1.54) is 16.7 Å². The molecule has 1 aromatic rings. The average Bonchev–Trinajstić information content (AvgIpc) is 2.64. The first-order chi connectivity index (χ1) is 12.8. The van der Waals surface area contributed by atoms with Gasteiger partial charge in [-0.1, -0.05) is 23.8 Å². The minimum Gasteiger partial charge on any atom is -0.370 e. The Morgan fingerprint density at radius 3 is 2.74 bits per heavy atom. The Morgan fingerprint density at radius 1 is 1.37 bits per heavy atom. The molecule has 1 unspecified atom stereocenters. The number of aliphatic imine (C=N–C) groups is 1. The summed E-state index contributed by atoms with van der Waals surface area (Å²) in [7, 11) is 1.66. The van der Waals surface area contributed by atoms with Gasteiger partial charge in [0.2, 0.25) is 5.91 Å². The van der Waals surface area contributed by atoms with Gasteiger partial charge in [-0.25, -0.2) is 0 Å². The summed E-state index contributed by atoms with van der Waals surface area (Å²) in [5, 5.41) is 6.08. The summed E-state index contributed by atoms with van der Waals surface area (Å²) in [6.07, 6.45) is 0.0233. The first kappa shape index (κ1) is 21.2. The van der Waals surface area contributed by atoms with Gasteiger partial charge in [0.25, 0.3) is 0 Å². The number of hydrogen-bond acceptors (Lipinski definition) is 3. The molecule has 6 heteroatoms. The van der Waals surface area contributed by atoms with Crippen molar-refractivity contribution in [1.82, 2.24) is 15.5 Å². The number of nitrogens with one attached hydrogen (secondary N) is 2. The standard InChI is InChI=1S/C21H34N4O2/c1-7-23-20(24-14-21(4,5)19(26)22-6)25-10-11-27-18(13-25)17-9-8-15(2)12-16(17)3/h8-9,12,18H,7,10-11,13-14H2,1-6H3,(H,22,26)(H,23,24). The second-order valence-corrected chi connectivity index (χ2v) is 7.80. The Hall–Kier alpha value is -2.08. The summed E-state index contributed by atoms with van der Waals surface area (Å²) in [4.78, 5) is 19.0. The third-order valence-electron chi connectivity index (χ3n) is 4.94. The summed E-state index contributed by atoms with van der Waals surface area (Å²) < 4.78 is 6.06. The maximum Gasteiger partial charge on any atom is 0.227 e. The van der Waals surface area contributed by atoms with Crippen LogP contribution in [-0.4, -0.2) is 56.6 Å². The molecular formula is C21H34N4O2. The molecule has 2 rings (SSSR count). The maximum absolute atomic E-state index is 12.0. The van der Waals surface area contributed by atoms with E-state index in [-0.39, 0.29) is 12.0 Å². The highest BCUT2D eigenvalue weighted by Crippen LogP contribution is 2.26. The first-order valence-corrected chi connectivity index (χ1v) is 9.72. The molecule has 1 amide bonds. The molecule has 0 saturated carbocycles. The second-order valence-electron chi connectivity index (χ2n) is 7.80. The molecule has 0 radical (unpaired) electrons. The fourth-order valence-electron chi connectivity index (χ4n) is 3.33. The number of nitrogens with zero attached hydrogens (tertiary/aromatic N) is 2. The lowest BCUT2D eigenvalue weighted by atomic mass is 9.93. The fraction of sp³-hybridized carbons (Fsp3) is 0.619. The van der Waals surface area contributed by atoms with Crippen molar-refractivity contribution in [1.29, 1.82) is 0 Å². The highest BCUT2D eigenvalue weighted by molar-refractivity contribution is 5.83. The summed E-state index contributed by atoms with van der Waals surface area (Å²) in [6.45, 7) is 13.5. The molecule has 150 valence electrons. The van der Waals surface area contributed by atoms with E-state index in [9.17, 15) is 4.79 Å². The minimum atomic E-state index is -0.547. The maximum atomic E-state index is 12.0. The van der Waals surface area contributed by atoms with Crippen LogP contribution in [0.1, 0.15) is 43.6 Å². The van der Waals surface area contributed by atoms with Crippen LogP contribution in [0.5, 0.6) is 0 Å². The van der Waals surface area contributed by atoms with Crippen LogP contribution < -0.4 is 10.6 Å². The molecule has 1 fully saturated rings. The third-order valence-corrected chi connectivity index (χ3v) is 4.94. The van der Waals surface area contributed by atoms with Crippen LogP contribution in [-0.2, 0) is 9.53 Å². The predicted molar refractivity (Wildman–Crippen MR) is 110 cm³/mol.